The van der Waals surface area contributed by atoms with Crippen molar-refractivity contribution in [2.75, 3.05) is 13.2 Å². The molecule has 0 unspecified atom stereocenters. The normalized spacial score (nSPS) is 11.5. The van der Waals surface area contributed by atoms with Crippen LogP contribution >= 0.6 is 0 Å². The van der Waals surface area contributed by atoms with E-state index in [9.17, 15) is 4.79 Å². The lowest BCUT2D eigenvalue weighted by Gasteiger charge is -2.17. The van der Waals surface area contributed by atoms with E-state index >= 15 is 0 Å². The summed E-state index contributed by atoms with van der Waals surface area (Å²) in [5.74, 6) is 0.795. The molecule has 0 aromatic carbocycles. The monoisotopic (exact) mass is 359 g/mol. The Kier molecular flexibility index (Phi) is 8.28. The molecule has 142 valence electrons. The van der Waals surface area contributed by atoms with Gasteiger partial charge in [0.1, 0.15) is 11.4 Å². The molecule has 2 rings (SSSR count). The number of carbonyl (C=O) groups excluding carboxylic acids is 1. The topological polar surface area (TPSA) is 77.1 Å². The van der Waals surface area contributed by atoms with Crippen molar-refractivity contribution < 1.29 is 14.3 Å². The summed E-state index contributed by atoms with van der Waals surface area (Å²) in [7, 11) is 0. The molecule has 0 spiro atoms. The van der Waals surface area contributed by atoms with Gasteiger partial charge in [0, 0.05) is 12.8 Å². The maximum Gasteiger partial charge on any atom is 0.151 e. The third-order valence-electron chi connectivity index (χ3n) is 4.08. The second-order valence-corrected chi connectivity index (χ2v) is 6.89. The van der Waals surface area contributed by atoms with Crippen LogP contribution in [0.2, 0.25) is 0 Å². The Bertz CT molecular complexity index is 624. The van der Waals surface area contributed by atoms with E-state index in [1.54, 1.807) is 26.2 Å². The van der Waals surface area contributed by atoms with Gasteiger partial charge in [-0.05, 0) is 44.9 Å². The van der Waals surface area contributed by atoms with Crippen LogP contribution < -0.4 is 4.74 Å². The summed E-state index contributed by atoms with van der Waals surface area (Å²) in [5.41, 5.74) is 1.11. The maximum atomic E-state index is 10.7. The molecule has 6 nitrogen and oxygen atoms in total. The first kappa shape index (κ1) is 20.1. The molecule has 0 aliphatic carbocycles. The Hall–Kier alpha value is -2.21. The van der Waals surface area contributed by atoms with Crippen LogP contribution in [0.5, 0.6) is 5.75 Å². The van der Waals surface area contributed by atoms with E-state index in [1.165, 1.54) is 12.8 Å². The highest BCUT2D eigenvalue weighted by molar-refractivity contribution is 5.60. The second kappa shape index (κ2) is 10.7. The summed E-state index contributed by atoms with van der Waals surface area (Å²) in [6.45, 7) is 4.94. The number of H-pyrrole nitrogens is 1. The lowest BCUT2D eigenvalue weighted by Crippen LogP contribution is -2.26. The molecule has 0 bridgehead atoms. The molecule has 2 aromatic heterocycles. The molecular weight excluding hydrogens is 330 g/mol. The molecular formula is C20H29N3O3. The smallest absolute Gasteiger partial charge is 0.151 e. The van der Waals surface area contributed by atoms with Gasteiger partial charge < -0.3 is 14.3 Å². The van der Waals surface area contributed by atoms with Gasteiger partial charge in [-0.1, -0.05) is 25.7 Å². The standard InChI is InChI=1S/C20H29N3O3/c1-20(2,16-24)26-14-8-6-4-3-5-7-13-25-17-9-10-18(21-15-17)19-11-12-22-23-19/h9-12,15-16H,3-8,13-14H2,1-2H3,(H,22,23). The molecule has 0 saturated heterocycles. The quantitative estimate of drug-likeness (QED) is 0.429. The van der Waals surface area contributed by atoms with Crippen LogP contribution in [0, 0.1) is 0 Å². The van der Waals surface area contributed by atoms with Gasteiger partial charge >= 0.3 is 0 Å². The number of aldehydes is 1. The number of hydrogen-bond acceptors (Lipinski definition) is 5. The van der Waals surface area contributed by atoms with Gasteiger partial charge in [-0.15, -0.1) is 0 Å². The number of hydrogen-bond donors (Lipinski definition) is 1. The molecule has 2 heterocycles. The first-order chi connectivity index (χ1) is 12.6. The minimum Gasteiger partial charge on any atom is -0.492 e. The van der Waals surface area contributed by atoms with Crippen LogP contribution in [0.4, 0.5) is 0 Å². The van der Waals surface area contributed by atoms with Crippen molar-refractivity contribution in [1.29, 1.82) is 0 Å². The average molecular weight is 359 g/mol. The summed E-state index contributed by atoms with van der Waals surface area (Å²) in [6, 6.07) is 5.75. The number of aromatic amines is 1. The molecule has 0 aliphatic heterocycles. The van der Waals surface area contributed by atoms with Gasteiger partial charge in [-0.2, -0.15) is 5.10 Å². The van der Waals surface area contributed by atoms with Gasteiger partial charge in [0.2, 0.25) is 0 Å². The Morgan fingerprint density at radius 2 is 1.77 bits per heavy atom. The van der Waals surface area contributed by atoms with Crippen LogP contribution in [0.1, 0.15) is 52.4 Å². The summed E-state index contributed by atoms with van der Waals surface area (Å²) >= 11 is 0. The Labute approximate surface area is 155 Å². The number of rotatable bonds is 13. The third-order valence-corrected chi connectivity index (χ3v) is 4.08. The average Bonchev–Trinajstić information content (AvgIpc) is 3.18. The van der Waals surface area contributed by atoms with Crippen molar-refractivity contribution in [2.24, 2.45) is 0 Å². The second-order valence-electron chi connectivity index (χ2n) is 6.89. The fourth-order valence-electron chi connectivity index (χ4n) is 2.49. The summed E-state index contributed by atoms with van der Waals surface area (Å²) in [6.07, 6.45) is 11.0. The highest BCUT2D eigenvalue weighted by atomic mass is 16.5. The molecule has 0 fully saturated rings. The van der Waals surface area contributed by atoms with Crippen LogP contribution in [0.3, 0.4) is 0 Å². The van der Waals surface area contributed by atoms with Crippen molar-refractivity contribution in [1.82, 2.24) is 15.2 Å². The number of pyridine rings is 1. The lowest BCUT2D eigenvalue weighted by atomic mass is 10.1. The van der Waals surface area contributed by atoms with Crippen molar-refractivity contribution in [3.8, 4) is 17.1 Å². The number of carbonyl (C=O) groups is 1. The number of unbranched alkanes of at least 4 members (excludes halogenated alkanes) is 5. The van der Waals surface area contributed by atoms with Crippen LogP contribution in [-0.4, -0.2) is 40.3 Å². The van der Waals surface area contributed by atoms with Crippen molar-refractivity contribution in [2.45, 2.75) is 58.0 Å². The van der Waals surface area contributed by atoms with Gasteiger partial charge in [0.05, 0.1) is 24.2 Å². The predicted molar refractivity (Wildman–Crippen MR) is 101 cm³/mol. The highest BCUT2D eigenvalue weighted by Gasteiger charge is 2.15. The van der Waals surface area contributed by atoms with E-state index < -0.39 is 5.60 Å². The zero-order valence-corrected chi connectivity index (χ0v) is 15.7. The van der Waals surface area contributed by atoms with Crippen LogP contribution in [0.15, 0.2) is 30.6 Å². The van der Waals surface area contributed by atoms with E-state index in [0.717, 1.165) is 49.1 Å². The summed E-state index contributed by atoms with van der Waals surface area (Å²) < 4.78 is 11.2. The molecule has 6 heteroatoms. The first-order valence-corrected chi connectivity index (χ1v) is 9.29. The molecule has 2 aromatic rings. The Morgan fingerprint density at radius 3 is 2.38 bits per heavy atom. The van der Waals surface area contributed by atoms with Crippen LogP contribution in [-0.2, 0) is 9.53 Å². The van der Waals surface area contributed by atoms with E-state index in [-0.39, 0.29) is 0 Å². The number of nitrogens with zero attached hydrogens (tertiary/aromatic N) is 2. The van der Waals surface area contributed by atoms with E-state index in [2.05, 4.69) is 15.2 Å². The van der Waals surface area contributed by atoms with E-state index in [0.29, 0.717) is 13.2 Å². The van der Waals surface area contributed by atoms with E-state index in [1.807, 2.05) is 18.2 Å². The molecule has 1 N–H and O–H groups in total. The van der Waals surface area contributed by atoms with Gasteiger partial charge in [-0.3, -0.25) is 10.1 Å². The van der Waals surface area contributed by atoms with Crippen molar-refractivity contribution >= 4 is 6.29 Å². The molecule has 0 amide bonds. The van der Waals surface area contributed by atoms with Gasteiger partial charge in [0.25, 0.3) is 0 Å². The molecule has 0 atom stereocenters. The highest BCUT2D eigenvalue weighted by Crippen LogP contribution is 2.17. The molecule has 0 radical (unpaired) electrons. The zero-order chi connectivity index (χ0) is 18.7. The van der Waals surface area contributed by atoms with Gasteiger partial charge in [0.15, 0.2) is 6.29 Å². The van der Waals surface area contributed by atoms with Gasteiger partial charge in [-0.25, -0.2) is 0 Å². The summed E-state index contributed by atoms with van der Waals surface area (Å²) in [5, 5.41) is 6.81. The molecule has 0 saturated carbocycles. The first-order valence-electron chi connectivity index (χ1n) is 9.29. The SMILES string of the molecule is CC(C)(C=O)OCCCCCCCCOc1ccc(-c2ccn[nH]2)nc1. The predicted octanol–water partition coefficient (Wildman–Crippen LogP) is 4.19. The van der Waals surface area contributed by atoms with E-state index in [4.69, 9.17) is 9.47 Å². The summed E-state index contributed by atoms with van der Waals surface area (Å²) in [4.78, 5) is 15.1. The number of nitrogens with one attached hydrogen (secondary N) is 1. The lowest BCUT2D eigenvalue weighted by molar-refractivity contribution is -0.127. The minimum atomic E-state index is -0.650. The molecule has 26 heavy (non-hydrogen) atoms. The van der Waals surface area contributed by atoms with Crippen molar-refractivity contribution in [3.63, 3.8) is 0 Å². The largest absolute Gasteiger partial charge is 0.492 e. The Balaban J connectivity index is 1.47. The third kappa shape index (κ3) is 7.35. The fraction of sp³-hybridized carbons (Fsp3) is 0.550. The van der Waals surface area contributed by atoms with Crippen LogP contribution in [0.25, 0.3) is 11.4 Å². The minimum absolute atomic E-state index is 0.649. The molecule has 0 aliphatic rings. The number of aromatic nitrogens is 3. The number of ether oxygens (including phenoxy) is 2. The maximum absolute atomic E-state index is 10.7. The fourth-order valence-corrected chi connectivity index (χ4v) is 2.49. The Morgan fingerprint density at radius 1 is 1.04 bits per heavy atom. The van der Waals surface area contributed by atoms with Crippen molar-refractivity contribution in [3.05, 3.63) is 30.6 Å². The zero-order valence-electron chi connectivity index (χ0n) is 15.7.